The highest BCUT2D eigenvalue weighted by atomic mass is 32.1. The number of anilines is 1. The zero-order valence-corrected chi connectivity index (χ0v) is 15.8. The van der Waals surface area contributed by atoms with Crippen LogP contribution in [-0.4, -0.2) is 60.1 Å². The van der Waals surface area contributed by atoms with Crippen LogP contribution in [0.4, 0.5) is 5.69 Å². The van der Waals surface area contributed by atoms with Crippen molar-refractivity contribution in [3.63, 3.8) is 0 Å². The van der Waals surface area contributed by atoms with Gasteiger partial charge in [-0.1, -0.05) is 12.1 Å². The van der Waals surface area contributed by atoms with Crippen molar-refractivity contribution in [2.45, 2.75) is 6.42 Å². The molecule has 0 spiro atoms. The highest BCUT2D eigenvalue weighted by Crippen LogP contribution is 2.14. The molecule has 0 bridgehead atoms. The van der Waals surface area contributed by atoms with Crippen LogP contribution in [0.1, 0.15) is 16.1 Å². The number of carbonyl (C=O) groups excluding carboxylic acids is 2. The number of hydrogen-bond acceptors (Lipinski definition) is 5. The largest absolute Gasteiger partial charge is 0.469 e. The number of thiocarbonyl (C=S) groups is 1. The minimum Gasteiger partial charge on any atom is -0.469 e. The molecular weight excluding hydrogens is 366 g/mol. The van der Waals surface area contributed by atoms with Crippen LogP contribution in [0.25, 0.3) is 0 Å². The molecule has 3 rings (SSSR count). The fourth-order valence-electron chi connectivity index (χ4n) is 2.82. The van der Waals surface area contributed by atoms with Crippen molar-refractivity contribution < 1.29 is 18.7 Å². The number of carbonyl (C=O) groups is 2. The minimum absolute atomic E-state index is 0.0975. The van der Waals surface area contributed by atoms with Gasteiger partial charge in [0.1, 0.15) is 0 Å². The fourth-order valence-corrected chi connectivity index (χ4v) is 3.12. The summed E-state index contributed by atoms with van der Waals surface area (Å²) in [6.45, 7) is 2.47. The number of nitrogens with zero attached hydrogens (tertiary/aromatic N) is 2. The zero-order valence-electron chi connectivity index (χ0n) is 15.0. The monoisotopic (exact) mass is 387 g/mol. The molecule has 1 N–H and O–H groups in total. The third kappa shape index (κ3) is 4.85. The molecule has 1 aliphatic rings. The van der Waals surface area contributed by atoms with E-state index in [1.54, 1.807) is 17.0 Å². The molecule has 1 aromatic carbocycles. The summed E-state index contributed by atoms with van der Waals surface area (Å²) in [5.41, 5.74) is 1.73. The predicted octanol–water partition coefficient (Wildman–Crippen LogP) is 2.15. The highest BCUT2D eigenvalue weighted by molar-refractivity contribution is 7.80. The van der Waals surface area contributed by atoms with Crippen LogP contribution in [0.15, 0.2) is 47.1 Å². The molecule has 0 radical (unpaired) electrons. The number of furan rings is 1. The lowest BCUT2D eigenvalue weighted by Crippen LogP contribution is -2.51. The van der Waals surface area contributed by atoms with E-state index in [9.17, 15) is 9.59 Å². The molecule has 0 unspecified atom stereocenters. The third-order valence-corrected chi connectivity index (χ3v) is 4.73. The fraction of sp³-hybridized carbons (Fsp3) is 0.316. The van der Waals surface area contributed by atoms with Gasteiger partial charge >= 0.3 is 5.97 Å². The predicted molar refractivity (Wildman–Crippen MR) is 105 cm³/mol. The average molecular weight is 387 g/mol. The molecule has 0 saturated carbocycles. The molecule has 1 amide bonds. The van der Waals surface area contributed by atoms with E-state index >= 15 is 0 Å². The smallest absolute Gasteiger partial charge is 0.309 e. The Kier molecular flexibility index (Phi) is 6.08. The maximum Gasteiger partial charge on any atom is 0.309 e. The number of esters is 1. The van der Waals surface area contributed by atoms with Crippen LogP contribution in [0, 0.1) is 0 Å². The van der Waals surface area contributed by atoms with E-state index in [-0.39, 0.29) is 18.3 Å². The summed E-state index contributed by atoms with van der Waals surface area (Å²) < 4.78 is 9.83. The number of hydrogen-bond donors (Lipinski definition) is 1. The number of amides is 1. The van der Waals surface area contributed by atoms with Crippen molar-refractivity contribution in [2.24, 2.45) is 0 Å². The average Bonchev–Trinajstić information content (AvgIpc) is 3.23. The van der Waals surface area contributed by atoms with Gasteiger partial charge in [0.15, 0.2) is 10.9 Å². The van der Waals surface area contributed by atoms with Crippen LogP contribution >= 0.6 is 12.2 Å². The maximum atomic E-state index is 12.3. The first-order valence-corrected chi connectivity index (χ1v) is 9.02. The van der Waals surface area contributed by atoms with Crippen molar-refractivity contribution in [2.75, 3.05) is 38.6 Å². The Labute approximate surface area is 162 Å². The van der Waals surface area contributed by atoms with Gasteiger partial charge < -0.3 is 24.3 Å². The summed E-state index contributed by atoms with van der Waals surface area (Å²) in [4.78, 5) is 27.4. The molecular formula is C19H21N3O4S. The van der Waals surface area contributed by atoms with Crippen LogP contribution in [0.5, 0.6) is 0 Å². The van der Waals surface area contributed by atoms with E-state index in [0.29, 0.717) is 37.1 Å². The second-order valence-corrected chi connectivity index (χ2v) is 6.52. The number of ether oxygens (including phenoxy) is 1. The molecule has 1 aliphatic heterocycles. The molecule has 1 fully saturated rings. The maximum absolute atomic E-state index is 12.3. The lowest BCUT2D eigenvalue weighted by molar-refractivity contribution is -0.139. The van der Waals surface area contributed by atoms with E-state index < -0.39 is 0 Å². The van der Waals surface area contributed by atoms with Gasteiger partial charge in [-0.3, -0.25) is 9.59 Å². The van der Waals surface area contributed by atoms with Crippen LogP contribution < -0.4 is 5.32 Å². The summed E-state index contributed by atoms with van der Waals surface area (Å²) in [7, 11) is 1.37. The van der Waals surface area contributed by atoms with Gasteiger partial charge in [0.25, 0.3) is 5.91 Å². The van der Waals surface area contributed by atoms with Crippen molar-refractivity contribution in [1.82, 2.24) is 9.80 Å². The first kappa shape index (κ1) is 18.9. The van der Waals surface area contributed by atoms with E-state index in [2.05, 4.69) is 10.1 Å². The molecule has 0 aliphatic carbocycles. The molecule has 142 valence electrons. The Balaban J connectivity index is 1.49. The second kappa shape index (κ2) is 8.68. The SMILES string of the molecule is COC(=O)Cc1ccc(NC(=S)N2CCN(C(=O)c3ccco3)CC2)cc1. The van der Waals surface area contributed by atoms with Crippen molar-refractivity contribution in [1.29, 1.82) is 0 Å². The summed E-state index contributed by atoms with van der Waals surface area (Å²) >= 11 is 5.48. The first-order chi connectivity index (χ1) is 13.1. The Hall–Kier alpha value is -2.87. The van der Waals surface area contributed by atoms with E-state index in [0.717, 1.165) is 11.3 Å². The molecule has 7 nitrogen and oxygen atoms in total. The van der Waals surface area contributed by atoms with E-state index in [4.69, 9.17) is 16.6 Å². The third-order valence-electron chi connectivity index (χ3n) is 4.37. The quantitative estimate of drug-likeness (QED) is 0.636. The van der Waals surface area contributed by atoms with Crippen molar-refractivity contribution in [3.05, 3.63) is 54.0 Å². The van der Waals surface area contributed by atoms with Gasteiger partial charge in [-0.15, -0.1) is 0 Å². The Morgan fingerprint density at radius 3 is 2.37 bits per heavy atom. The Morgan fingerprint density at radius 2 is 1.78 bits per heavy atom. The summed E-state index contributed by atoms with van der Waals surface area (Å²) in [6.07, 6.45) is 1.74. The van der Waals surface area contributed by atoms with Gasteiger partial charge in [-0.05, 0) is 42.0 Å². The van der Waals surface area contributed by atoms with Crippen LogP contribution in [0.2, 0.25) is 0 Å². The molecule has 2 aromatic rings. The number of piperazine rings is 1. The van der Waals surface area contributed by atoms with Gasteiger partial charge in [0, 0.05) is 31.9 Å². The molecule has 0 atom stereocenters. The Morgan fingerprint density at radius 1 is 1.11 bits per heavy atom. The van der Waals surface area contributed by atoms with E-state index in [1.165, 1.54) is 13.4 Å². The minimum atomic E-state index is -0.270. The standard InChI is InChI=1S/C19H21N3O4S/c1-25-17(23)13-14-4-6-15(7-5-14)20-19(27)22-10-8-21(9-11-22)18(24)16-3-2-12-26-16/h2-7,12H,8-11,13H2,1H3,(H,20,27). The summed E-state index contributed by atoms with van der Waals surface area (Å²) in [5, 5.41) is 3.81. The lowest BCUT2D eigenvalue weighted by atomic mass is 10.1. The number of methoxy groups -OCH3 is 1. The number of benzene rings is 1. The van der Waals surface area contributed by atoms with Gasteiger partial charge in [0.05, 0.1) is 19.8 Å². The van der Waals surface area contributed by atoms with E-state index in [1.807, 2.05) is 29.2 Å². The number of nitrogens with one attached hydrogen (secondary N) is 1. The normalized spacial score (nSPS) is 14.0. The molecule has 1 saturated heterocycles. The zero-order chi connectivity index (χ0) is 19.2. The molecule has 8 heteroatoms. The second-order valence-electron chi connectivity index (χ2n) is 6.14. The lowest BCUT2D eigenvalue weighted by Gasteiger charge is -2.35. The van der Waals surface area contributed by atoms with Gasteiger partial charge in [0.2, 0.25) is 0 Å². The van der Waals surface area contributed by atoms with Gasteiger partial charge in [-0.2, -0.15) is 0 Å². The molecule has 2 heterocycles. The molecule has 27 heavy (non-hydrogen) atoms. The highest BCUT2D eigenvalue weighted by Gasteiger charge is 2.24. The molecule has 1 aromatic heterocycles. The topological polar surface area (TPSA) is 75.0 Å². The van der Waals surface area contributed by atoms with Crippen LogP contribution in [-0.2, 0) is 16.0 Å². The Bertz CT molecular complexity index is 797. The van der Waals surface area contributed by atoms with Crippen LogP contribution in [0.3, 0.4) is 0 Å². The summed E-state index contributed by atoms with van der Waals surface area (Å²) in [6, 6.07) is 10.9. The van der Waals surface area contributed by atoms with Gasteiger partial charge in [-0.25, -0.2) is 0 Å². The number of rotatable bonds is 4. The van der Waals surface area contributed by atoms with Crippen molar-refractivity contribution >= 4 is 34.9 Å². The summed E-state index contributed by atoms with van der Waals surface area (Å²) in [5.74, 6) is -0.0101. The first-order valence-electron chi connectivity index (χ1n) is 8.61. The van der Waals surface area contributed by atoms with Crippen molar-refractivity contribution in [3.8, 4) is 0 Å².